The van der Waals surface area contributed by atoms with E-state index < -0.39 is 0 Å². The number of rotatable bonds is 1. The van der Waals surface area contributed by atoms with E-state index in [2.05, 4.69) is 19.2 Å². The van der Waals surface area contributed by atoms with E-state index in [1.54, 1.807) is 6.07 Å². The first-order chi connectivity index (χ1) is 7.07. The largest absolute Gasteiger partial charge is 0.370 e. The maximum absolute atomic E-state index is 13.0. The predicted molar refractivity (Wildman–Crippen MR) is 57.2 cm³/mol. The van der Waals surface area contributed by atoms with Gasteiger partial charge in [0.25, 0.3) is 0 Å². The second-order valence-electron chi connectivity index (χ2n) is 4.62. The molecule has 3 heteroatoms. The second-order valence-corrected chi connectivity index (χ2v) is 4.62. The molecule has 0 saturated carbocycles. The highest BCUT2D eigenvalue weighted by Crippen LogP contribution is 2.23. The van der Waals surface area contributed by atoms with E-state index in [-0.39, 0.29) is 17.5 Å². The molecular formula is C12H16FNO. The molecule has 0 unspecified atom stereocenters. The molecule has 1 saturated heterocycles. The van der Waals surface area contributed by atoms with Crippen LogP contribution in [0.4, 0.5) is 4.39 Å². The monoisotopic (exact) mass is 209 g/mol. The maximum Gasteiger partial charge on any atom is 0.123 e. The summed E-state index contributed by atoms with van der Waals surface area (Å²) in [6.45, 7) is 5.56. The molecule has 1 fully saturated rings. The Kier molecular flexibility index (Phi) is 2.76. The minimum atomic E-state index is -0.207. The highest BCUT2D eigenvalue weighted by Gasteiger charge is 2.27. The number of hydrogen-bond acceptors (Lipinski definition) is 2. The lowest BCUT2D eigenvalue weighted by atomic mass is 10.0. The van der Waals surface area contributed by atoms with Gasteiger partial charge in [0.1, 0.15) is 5.82 Å². The molecule has 1 aromatic rings. The van der Waals surface area contributed by atoms with Crippen LogP contribution in [0.15, 0.2) is 24.3 Å². The van der Waals surface area contributed by atoms with E-state index in [1.165, 1.54) is 12.1 Å². The van der Waals surface area contributed by atoms with Crippen LogP contribution >= 0.6 is 0 Å². The summed E-state index contributed by atoms with van der Waals surface area (Å²) in [6, 6.07) is 6.59. The molecular weight excluding hydrogens is 193 g/mol. The van der Waals surface area contributed by atoms with Gasteiger partial charge in [-0.1, -0.05) is 12.1 Å². The van der Waals surface area contributed by atoms with Gasteiger partial charge in [0, 0.05) is 12.1 Å². The number of benzene rings is 1. The van der Waals surface area contributed by atoms with Gasteiger partial charge in [0.05, 0.1) is 12.7 Å². The van der Waals surface area contributed by atoms with E-state index in [9.17, 15) is 4.39 Å². The molecule has 2 nitrogen and oxygen atoms in total. The Balaban J connectivity index is 2.08. The standard InChI is InChI=1S/C12H16FNO/c1-12(2)8-15-11(7-14-12)9-4-3-5-10(13)6-9/h3-6,11,14H,7-8H2,1-2H3/t11-/m1/s1. The smallest absolute Gasteiger partial charge is 0.123 e. The van der Waals surface area contributed by atoms with Gasteiger partial charge in [-0.05, 0) is 31.5 Å². The SMILES string of the molecule is CC1(C)CO[C@@H](c2cccc(F)c2)CN1. The minimum absolute atomic E-state index is 0.0177. The Hall–Kier alpha value is -0.930. The molecule has 1 heterocycles. The van der Waals surface area contributed by atoms with Crippen LogP contribution in [0.5, 0.6) is 0 Å². The van der Waals surface area contributed by atoms with Crippen molar-refractivity contribution in [1.29, 1.82) is 0 Å². The normalized spacial score (nSPS) is 25.1. The third-order valence-corrected chi connectivity index (χ3v) is 2.63. The Morgan fingerprint density at radius 1 is 1.47 bits per heavy atom. The summed E-state index contributed by atoms with van der Waals surface area (Å²) < 4.78 is 18.7. The lowest BCUT2D eigenvalue weighted by molar-refractivity contribution is -0.0230. The molecule has 0 amide bonds. The molecule has 1 N–H and O–H groups in total. The number of hydrogen-bond donors (Lipinski definition) is 1. The lowest BCUT2D eigenvalue weighted by Crippen LogP contribution is -2.50. The van der Waals surface area contributed by atoms with Crippen molar-refractivity contribution in [2.45, 2.75) is 25.5 Å². The van der Waals surface area contributed by atoms with Gasteiger partial charge in [-0.15, -0.1) is 0 Å². The van der Waals surface area contributed by atoms with E-state index in [0.29, 0.717) is 6.61 Å². The van der Waals surface area contributed by atoms with E-state index in [0.717, 1.165) is 12.1 Å². The number of morpholine rings is 1. The zero-order chi connectivity index (χ0) is 10.9. The average Bonchev–Trinajstić information content (AvgIpc) is 2.17. The fraction of sp³-hybridized carbons (Fsp3) is 0.500. The zero-order valence-electron chi connectivity index (χ0n) is 9.09. The molecule has 1 aliphatic rings. The first kappa shape index (κ1) is 10.6. The molecule has 2 rings (SSSR count). The van der Waals surface area contributed by atoms with Gasteiger partial charge in [-0.25, -0.2) is 4.39 Å². The fourth-order valence-electron chi connectivity index (χ4n) is 1.71. The lowest BCUT2D eigenvalue weighted by Gasteiger charge is -2.36. The van der Waals surface area contributed by atoms with Gasteiger partial charge in [0.2, 0.25) is 0 Å². The van der Waals surface area contributed by atoms with Gasteiger partial charge < -0.3 is 10.1 Å². The quantitative estimate of drug-likeness (QED) is 0.766. The van der Waals surface area contributed by atoms with E-state index in [4.69, 9.17) is 4.74 Å². The topological polar surface area (TPSA) is 21.3 Å². The Morgan fingerprint density at radius 2 is 2.27 bits per heavy atom. The van der Waals surface area contributed by atoms with Crippen LogP contribution in [0.3, 0.4) is 0 Å². The molecule has 0 aliphatic carbocycles. The van der Waals surface area contributed by atoms with Crippen LogP contribution in [0.25, 0.3) is 0 Å². The van der Waals surface area contributed by atoms with Crippen molar-refractivity contribution >= 4 is 0 Å². The third kappa shape index (κ3) is 2.55. The molecule has 0 spiro atoms. The molecule has 0 aromatic heterocycles. The third-order valence-electron chi connectivity index (χ3n) is 2.63. The van der Waals surface area contributed by atoms with Gasteiger partial charge in [-0.2, -0.15) is 0 Å². The summed E-state index contributed by atoms with van der Waals surface area (Å²) >= 11 is 0. The number of nitrogens with one attached hydrogen (secondary N) is 1. The first-order valence-electron chi connectivity index (χ1n) is 5.19. The second kappa shape index (κ2) is 3.91. The van der Waals surface area contributed by atoms with E-state index in [1.807, 2.05) is 6.07 Å². The molecule has 15 heavy (non-hydrogen) atoms. The van der Waals surface area contributed by atoms with Gasteiger partial charge in [0.15, 0.2) is 0 Å². The highest BCUT2D eigenvalue weighted by molar-refractivity contribution is 5.20. The molecule has 82 valence electrons. The van der Waals surface area contributed by atoms with E-state index >= 15 is 0 Å². The van der Waals surface area contributed by atoms with Crippen LogP contribution < -0.4 is 5.32 Å². The zero-order valence-corrected chi connectivity index (χ0v) is 9.09. The van der Waals surface area contributed by atoms with Crippen molar-refractivity contribution in [2.75, 3.05) is 13.2 Å². The molecule has 1 aromatic carbocycles. The van der Waals surface area contributed by atoms with Crippen LogP contribution in [0, 0.1) is 5.82 Å². The fourth-order valence-corrected chi connectivity index (χ4v) is 1.71. The van der Waals surface area contributed by atoms with Gasteiger partial charge in [-0.3, -0.25) is 0 Å². The van der Waals surface area contributed by atoms with Crippen molar-refractivity contribution < 1.29 is 9.13 Å². The van der Waals surface area contributed by atoms with Crippen LogP contribution in [-0.4, -0.2) is 18.7 Å². The summed E-state index contributed by atoms with van der Waals surface area (Å²) in [6.07, 6.45) is -0.0336. The molecule has 1 atom stereocenters. The summed E-state index contributed by atoms with van der Waals surface area (Å²) in [5, 5.41) is 3.38. The summed E-state index contributed by atoms with van der Waals surface area (Å²) in [4.78, 5) is 0. The molecule has 0 radical (unpaired) electrons. The summed E-state index contributed by atoms with van der Waals surface area (Å²) in [5.74, 6) is -0.207. The average molecular weight is 209 g/mol. The Bertz CT molecular complexity index is 341. The van der Waals surface area contributed by atoms with Crippen molar-refractivity contribution in [3.05, 3.63) is 35.6 Å². The minimum Gasteiger partial charge on any atom is -0.370 e. The van der Waals surface area contributed by atoms with Crippen LogP contribution in [-0.2, 0) is 4.74 Å². The van der Waals surface area contributed by atoms with Gasteiger partial charge >= 0.3 is 0 Å². The number of halogens is 1. The summed E-state index contributed by atoms with van der Waals surface area (Å²) in [5.41, 5.74) is 0.919. The van der Waals surface area contributed by atoms with Crippen molar-refractivity contribution in [3.63, 3.8) is 0 Å². The van der Waals surface area contributed by atoms with Crippen molar-refractivity contribution in [3.8, 4) is 0 Å². The van der Waals surface area contributed by atoms with Crippen molar-refractivity contribution in [1.82, 2.24) is 5.32 Å². The van der Waals surface area contributed by atoms with Crippen molar-refractivity contribution in [2.24, 2.45) is 0 Å². The predicted octanol–water partition coefficient (Wildman–Crippen LogP) is 2.27. The van der Waals surface area contributed by atoms with Crippen LogP contribution in [0.1, 0.15) is 25.5 Å². The first-order valence-corrected chi connectivity index (χ1v) is 5.19. The Labute approximate surface area is 89.4 Å². The maximum atomic E-state index is 13.0. The Morgan fingerprint density at radius 3 is 2.87 bits per heavy atom. The molecule has 0 bridgehead atoms. The summed E-state index contributed by atoms with van der Waals surface area (Å²) in [7, 11) is 0. The molecule has 1 aliphatic heterocycles. The highest BCUT2D eigenvalue weighted by atomic mass is 19.1. The van der Waals surface area contributed by atoms with Crippen LogP contribution in [0.2, 0.25) is 0 Å². The number of ether oxygens (including phenoxy) is 1.